The number of rotatable bonds is 3. The molecule has 116 valence electrons. The molecule has 11 heteroatoms. The van der Waals surface area contributed by atoms with Crippen molar-refractivity contribution in [3.63, 3.8) is 0 Å². The second-order valence-corrected chi connectivity index (χ2v) is 5.79. The van der Waals surface area contributed by atoms with Crippen LogP contribution in [-0.4, -0.2) is 18.0 Å². The molecule has 2 aromatic rings. The molecule has 0 aliphatic carbocycles. The zero-order valence-corrected chi connectivity index (χ0v) is 12.2. The highest BCUT2D eigenvalue weighted by molar-refractivity contribution is 7.86. The van der Waals surface area contributed by atoms with E-state index in [1.54, 1.807) is 13.0 Å². The summed E-state index contributed by atoms with van der Waals surface area (Å²) in [5, 5.41) is 7.27. The topological polar surface area (TPSA) is 178 Å². The van der Waals surface area contributed by atoms with Crippen molar-refractivity contribution >= 4 is 33.3 Å². The van der Waals surface area contributed by atoms with Gasteiger partial charge in [0.1, 0.15) is 10.6 Å². The summed E-state index contributed by atoms with van der Waals surface area (Å²) in [5.41, 5.74) is 10.4. The molecule has 22 heavy (non-hydrogen) atoms. The van der Waals surface area contributed by atoms with Gasteiger partial charge in [0.05, 0.1) is 0 Å². The van der Waals surface area contributed by atoms with Gasteiger partial charge in [0.15, 0.2) is 0 Å². The van der Waals surface area contributed by atoms with E-state index in [0.29, 0.717) is 5.56 Å². The van der Waals surface area contributed by atoms with Crippen LogP contribution < -0.4 is 22.0 Å². The van der Waals surface area contributed by atoms with Gasteiger partial charge in [0.2, 0.25) is 11.5 Å². The van der Waals surface area contributed by atoms with Gasteiger partial charge in [-0.3, -0.25) is 9.35 Å². The Morgan fingerprint density at radius 2 is 1.95 bits per heavy atom. The van der Waals surface area contributed by atoms with Gasteiger partial charge in [0, 0.05) is 0 Å². The summed E-state index contributed by atoms with van der Waals surface area (Å²) in [6, 6.07) is 4.14. The van der Waals surface area contributed by atoms with Crippen LogP contribution >= 0.6 is 0 Å². The van der Waals surface area contributed by atoms with Gasteiger partial charge >= 0.3 is 11.5 Å². The molecule has 0 saturated heterocycles. The van der Waals surface area contributed by atoms with Crippen molar-refractivity contribution in [2.75, 3.05) is 11.5 Å². The Morgan fingerprint density at radius 3 is 2.55 bits per heavy atom. The molecule has 1 heterocycles. The molecule has 0 amide bonds. The second-order valence-electron chi connectivity index (χ2n) is 4.40. The highest BCUT2D eigenvalue weighted by atomic mass is 32.2. The number of H-pyrrole nitrogens is 2. The number of nitrogens with two attached hydrogens (primary N) is 2. The van der Waals surface area contributed by atoms with E-state index in [1.807, 2.05) is 0 Å². The molecule has 1 aromatic carbocycles. The van der Waals surface area contributed by atoms with Gasteiger partial charge in [-0.15, -0.1) is 10.2 Å². The third-order valence-corrected chi connectivity index (χ3v) is 3.52. The molecule has 0 fully saturated rings. The Bertz CT molecular complexity index is 919. The summed E-state index contributed by atoms with van der Waals surface area (Å²) in [5.74, 6) is -0.194. The predicted octanol–water partition coefficient (Wildman–Crippen LogP) is 0.324. The standard InChI is InChI=1S/C11H12N6O4S/c1-5-2-3-6(7(4-5)22(19,20)21)16-17-8-9(12)14-11(13)15-10(8)18/h2-4H,1H3,(H,19,20,21)(H5,12,13,14,15,18)/p+1. The number of azo groups is 1. The fraction of sp³-hybridized carbons (Fsp3) is 0.0909. The predicted molar refractivity (Wildman–Crippen MR) is 77.6 cm³/mol. The average Bonchev–Trinajstić information content (AvgIpc) is 2.37. The Hall–Kier alpha value is -2.79. The van der Waals surface area contributed by atoms with Crippen LogP contribution in [0.15, 0.2) is 38.1 Å². The molecule has 0 unspecified atom stereocenters. The first-order chi connectivity index (χ1) is 10.2. The number of nitrogen functional groups attached to an aromatic ring is 2. The lowest BCUT2D eigenvalue weighted by Crippen LogP contribution is -2.24. The number of hydrogen-bond donors (Lipinski definition) is 4. The van der Waals surface area contributed by atoms with Crippen molar-refractivity contribution in [2.45, 2.75) is 11.8 Å². The van der Waals surface area contributed by atoms with Crippen molar-refractivity contribution in [3.8, 4) is 0 Å². The molecule has 1 aromatic heterocycles. The van der Waals surface area contributed by atoms with Crippen LogP contribution in [0.4, 0.5) is 23.1 Å². The number of aryl methyl sites for hydroxylation is 1. The van der Waals surface area contributed by atoms with Gasteiger partial charge in [-0.25, -0.2) is 9.97 Å². The van der Waals surface area contributed by atoms with Gasteiger partial charge in [-0.05, 0) is 24.6 Å². The minimum absolute atomic E-state index is 0.0598. The highest BCUT2D eigenvalue weighted by Gasteiger charge is 2.16. The Labute approximate surface area is 124 Å². The third-order valence-electron chi connectivity index (χ3n) is 2.64. The summed E-state index contributed by atoms with van der Waals surface area (Å²) in [7, 11) is -4.49. The molecular formula is C11H13N6O4S+. The Kier molecular flexibility index (Phi) is 3.93. The molecule has 0 atom stereocenters. The van der Waals surface area contributed by atoms with Crippen LogP contribution in [0.25, 0.3) is 0 Å². The van der Waals surface area contributed by atoms with Crippen LogP contribution in [0.5, 0.6) is 0 Å². The number of anilines is 2. The molecule has 0 aliphatic rings. The van der Waals surface area contributed by atoms with Gasteiger partial charge in [-0.1, -0.05) is 6.07 Å². The summed E-state index contributed by atoms with van der Waals surface area (Å²) in [4.78, 5) is 15.9. The van der Waals surface area contributed by atoms with E-state index >= 15 is 0 Å². The minimum atomic E-state index is -4.49. The van der Waals surface area contributed by atoms with Gasteiger partial charge in [0.25, 0.3) is 10.1 Å². The van der Waals surface area contributed by atoms with E-state index in [9.17, 15) is 17.8 Å². The van der Waals surface area contributed by atoms with Crippen LogP contribution in [0, 0.1) is 6.92 Å². The lowest BCUT2D eigenvalue weighted by molar-refractivity contribution is -0.346. The normalized spacial score (nSPS) is 11.9. The van der Waals surface area contributed by atoms with Crippen molar-refractivity contribution in [3.05, 3.63) is 34.1 Å². The number of nitrogens with one attached hydrogen (secondary N) is 2. The maximum absolute atomic E-state index is 11.7. The lowest BCUT2D eigenvalue weighted by Gasteiger charge is -2.02. The SMILES string of the molecule is Cc1ccc(N=Nc2c(N)[nH+]c(N)[nH]c2=O)c(S(=O)(=O)O)c1. The monoisotopic (exact) mass is 325 g/mol. The van der Waals surface area contributed by atoms with Crippen molar-refractivity contribution < 1.29 is 18.0 Å². The second kappa shape index (κ2) is 5.54. The first kappa shape index (κ1) is 15.6. The summed E-state index contributed by atoms with van der Waals surface area (Å²) < 4.78 is 31.9. The lowest BCUT2D eigenvalue weighted by atomic mass is 10.2. The first-order valence-corrected chi connectivity index (χ1v) is 7.33. The van der Waals surface area contributed by atoms with Crippen molar-refractivity contribution in [1.82, 2.24) is 4.98 Å². The summed E-state index contributed by atoms with van der Waals surface area (Å²) in [6.07, 6.45) is 0. The van der Waals surface area contributed by atoms with Crippen molar-refractivity contribution in [1.29, 1.82) is 0 Å². The zero-order valence-electron chi connectivity index (χ0n) is 11.4. The van der Waals surface area contributed by atoms with Crippen LogP contribution in [0.2, 0.25) is 0 Å². The van der Waals surface area contributed by atoms with E-state index in [1.165, 1.54) is 12.1 Å². The van der Waals surface area contributed by atoms with E-state index in [4.69, 9.17) is 11.5 Å². The van der Waals surface area contributed by atoms with E-state index in [0.717, 1.165) is 0 Å². The van der Waals surface area contributed by atoms with Crippen LogP contribution in [0.3, 0.4) is 0 Å². The van der Waals surface area contributed by atoms with E-state index in [2.05, 4.69) is 20.2 Å². The van der Waals surface area contributed by atoms with Crippen LogP contribution in [-0.2, 0) is 10.1 Å². The van der Waals surface area contributed by atoms with Crippen LogP contribution in [0.1, 0.15) is 5.56 Å². The highest BCUT2D eigenvalue weighted by Crippen LogP contribution is 2.27. The number of hydrogen-bond acceptors (Lipinski definition) is 7. The summed E-state index contributed by atoms with van der Waals surface area (Å²) in [6.45, 7) is 1.65. The molecule has 0 saturated carbocycles. The maximum atomic E-state index is 11.7. The number of aromatic amines is 2. The van der Waals surface area contributed by atoms with E-state index < -0.39 is 20.6 Å². The molecule has 0 radical (unpaired) electrons. The third kappa shape index (κ3) is 3.27. The molecule has 2 rings (SSSR count). The minimum Gasteiger partial charge on any atom is -0.333 e. The molecule has 0 aliphatic heterocycles. The largest absolute Gasteiger partial charge is 0.333 e. The Balaban J connectivity index is 2.55. The molecule has 7 N–H and O–H groups in total. The quantitative estimate of drug-likeness (QED) is 0.466. The number of benzene rings is 1. The average molecular weight is 325 g/mol. The smallest absolute Gasteiger partial charge is 0.326 e. The molecular weight excluding hydrogens is 312 g/mol. The Morgan fingerprint density at radius 1 is 1.27 bits per heavy atom. The van der Waals surface area contributed by atoms with Gasteiger partial charge in [-0.2, -0.15) is 8.42 Å². The molecule has 0 bridgehead atoms. The fourth-order valence-corrected chi connectivity index (χ4v) is 2.36. The molecule has 0 spiro atoms. The first-order valence-electron chi connectivity index (χ1n) is 5.89. The van der Waals surface area contributed by atoms with Crippen molar-refractivity contribution in [2.24, 2.45) is 10.2 Å². The van der Waals surface area contributed by atoms with E-state index in [-0.39, 0.29) is 23.1 Å². The van der Waals surface area contributed by atoms with Gasteiger partial charge < -0.3 is 11.5 Å². The zero-order chi connectivity index (χ0) is 16.5. The maximum Gasteiger partial charge on any atom is 0.326 e. The number of nitrogens with zero attached hydrogens (tertiary/aromatic N) is 2. The number of aromatic nitrogens is 2. The fourth-order valence-electron chi connectivity index (χ4n) is 1.65. The molecule has 10 nitrogen and oxygen atoms in total. The summed E-state index contributed by atoms with van der Waals surface area (Å²) >= 11 is 0.